The molecule has 0 unspecified atom stereocenters. The number of amides is 1. The molecule has 0 N–H and O–H groups in total. The van der Waals surface area contributed by atoms with E-state index in [0.29, 0.717) is 25.5 Å². The zero-order valence-electron chi connectivity index (χ0n) is 11.4. The van der Waals surface area contributed by atoms with E-state index in [-0.39, 0.29) is 11.9 Å². The summed E-state index contributed by atoms with van der Waals surface area (Å²) in [6.07, 6.45) is 1.77. The average Bonchev–Trinajstić information content (AvgIpc) is 3.07. The predicted molar refractivity (Wildman–Crippen MR) is 74.7 cm³/mol. The second-order valence-electron chi connectivity index (χ2n) is 4.76. The fourth-order valence-electron chi connectivity index (χ4n) is 2.30. The van der Waals surface area contributed by atoms with Crippen molar-refractivity contribution in [3.8, 4) is 0 Å². The van der Waals surface area contributed by atoms with Crippen LogP contribution >= 0.6 is 11.3 Å². The molecule has 20 heavy (non-hydrogen) atoms. The molecule has 1 aliphatic rings. The Balaban J connectivity index is 1.87. The molecule has 0 aliphatic carbocycles. The van der Waals surface area contributed by atoms with E-state index in [0.717, 1.165) is 10.7 Å². The average molecular weight is 292 g/mol. The Morgan fingerprint density at radius 1 is 1.55 bits per heavy atom. The van der Waals surface area contributed by atoms with Crippen LogP contribution in [0.3, 0.4) is 0 Å². The summed E-state index contributed by atoms with van der Waals surface area (Å²) in [5.41, 5.74) is 1.36. The third-order valence-corrected chi connectivity index (χ3v) is 4.09. The maximum atomic E-state index is 12.6. The van der Waals surface area contributed by atoms with E-state index >= 15 is 0 Å². The molecule has 6 nitrogen and oxygen atoms in total. The van der Waals surface area contributed by atoms with E-state index in [4.69, 9.17) is 4.74 Å². The zero-order chi connectivity index (χ0) is 14.1. The Labute approximate surface area is 121 Å². The van der Waals surface area contributed by atoms with Crippen LogP contribution in [0.1, 0.15) is 27.2 Å². The van der Waals surface area contributed by atoms with Gasteiger partial charge in [-0.05, 0) is 13.0 Å². The van der Waals surface area contributed by atoms with E-state index in [1.807, 2.05) is 12.3 Å². The van der Waals surface area contributed by atoms with Crippen LogP contribution in [0.25, 0.3) is 0 Å². The van der Waals surface area contributed by atoms with Crippen molar-refractivity contribution in [2.45, 2.75) is 13.0 Å². The van der Waals surface area contributed by atoms with Crippen molar-refractivity contribution < 1.29 is 9.53 Å². The number of morpholine rings is 1. The maximum absolute atomic E-state index is 12.6. The molecule has 7 heteroatoms. The van der Waals surface area contributed by atoms with Gasteiger partial charge in [-0.1, -0.05) is 0 Å². The van der Waals surface area contributed by atoms with Crippen molar-refractivity contribution in [1.82, 2.24) is 19.7 Å². The summed E-state index contributed by atoms with van der Waals surface area (Å²) in [6.45, 7) is 3.57. The molecule has 1 aliphatic heterocycles. The molecule has 2 aromatic rings. The van der Waals surface area contributed by atoms with Gasteiger partial charge in [0, 0.05) is 25.2 Å². The monoisotopic (exact) mass is 292 g/mol. The van der Waals surface area contributed by atoms with Crippen molar-refractivity contribution in [1.29, 1.82) is 0 Å². The van der Waals surface area contributed by atoms with Crippen molar-refractivity contribution in [2.24, 2.45) is 7.05 Å². The maximum Gasteiger partial charge on any atom is 0.275 e. The summed E-state index contributed by atoms with van der Waals surface area (Å²) in [4.78, 5) is 18.9. The van der Waals surface area contributed by atoms with E-state index in [1.165, 1.54) is 0 Å². The number of rotatable bonds is 2. The number of aryl methyl sites for hydroxylation is 2. The summed E-state index contributed by atoms with van der Waals surface area (Å²) in [7, 11) is 1.80. The highest BCUT2D eigenvalue weighted by molar-refractivity contribution is 7.09. The number of thiazole rings is 1. The Bertz CT molecular complexity index is 621. The molecule has 0 spiro atoms. The number of carbonyl (C=O) groups excluding carboxylic acids is 1. The number of nitrogens with zero attached hydrogens (tertiary/aromatic N) is 4. The standard InChI is InChI=1S/C13H16N4O2S/c1-9-14-11(8-20-9)12-7-19-6-5-17(12)13(18)10-3-4-16(2)15-10/h3-4,8,12H,5-7H2,1-2H3/t12-/m0/s1. The van der Waals surface area contributed by atoms with Crippen LogP contribution in [0.4, 0.5) is 0 Å². The summed E-state index contributed by atoms with van der Waals surface area (Å²) < 4.78 is 7.15. The highest BCUT2D eigenvalue weighted by Gasteiger charge is 2.31. The van der Waals surface area contributed by atoms with Gasteiger partial charge in [0.05, 0.1) is 30.0 Å². The van der Waals surface area contributed by atoms with Gasteiger partial charge in [-0.3, -0.25) is 9.48 Å². The minimum Gasteiger partial charge on any atom is -0.377 e. The Hall–Kier alpha value is -1.73. The topological polar surface area (TPSA) is 60.2 Å². The van der Waals surface area contributed by atoms with E-state index in [1.54, 1.807) is 40.2 Å². The SMILES string of the molecule is Cc1nc([C@@H]2COCCN2C(=O)c2ccn(C)n2)cs1. The molecule has 2 aromatic heterocycles. The van der Waals surface area contributed by atoms with Crippen molar-refractivity contribution in [2.75, 3.05) is 19.8 Å². The number of carbonyl (C=O) groups is 1. The van der Waals surface area contributed by atoms with Gasteiger partial charge in [0.2, 0.25) is 0 Å². The molecule has 0 bridgehead atoms. The molecule has 106 valence electrons. The van der Waals surface area contributed by atoms with Gasteiger partial charge >= 0.3 is 0 Å². The first kappa shape index (κ1) is 13.3. The molecule has 0 aromatic carbocycles. The third-order valence-electron chi connectivity index (χ3n) is 3.30. The number of aromatic nitrogens is 3. The molecule has 1 saturated heterocycles. The summed E-state index contributed by atoms with van der Waals surface area (Å²) >= 11 is 1.59. The second kappa shape index (κ2) is 5.34. The minimum atomic E-state index is -0.122. The quantitative estimate of drug-likeness (QED) is 0.839. The molecular weight excluding hydrogens is 276 g/mol. The van der Waals surface area contributed by atoms with Crippen LogP contribution < -0.4 is 0 Å². The molecule has 0 radical (unpaired) electrons. The van der Waals surface area contributed by atoms with Gasteiger partial charge in [0.15, 0.2) is 0 Å². The fourth-order valence-corrected chi connectivity index (χ4v) is 2.96. The minimum absolute atomic E-state index is 0.0652. The molecule has 0 saturated carbocycles. The summed E-state index contributed by atoms with van der Waals surface area (Å²) in [6, 6.07) is 1.62. The highest BCUT2D eigenvalue weighted by atomic mass is 32.1. The summed E-state index contributed by atoms with van der Waals surface area (Å²) in [5, 5.41) is 7.18. The smallest absolute Gasteiger partial charge is 0.275 e. The Morgan fingerprint density at radius 3 is 3.05 bits per heavy atom. The lowest BCUT2D eigenvalue weighted by Crippen LogP contribution is -2.43. The zero-order valence-corrected chi connectivity index (χ0v) is 12.3. The molecular formula is C13H16N4O2S. The van der Waals surface area contributed by atoms with Crippen LogP contribution in [0.5, 0.6) is 0 Å². The lowest BCUT2D eigenvalue weighted by Gasteiger charge is -2.34. The summed E-state index contributed by atoms with van der Waals surface area (Å²) in [5.74, 6) is -0.0652. The van der Waals surface area contributed by atoms with E-state index < -0.39 is 0 Å². The number of ether oxygens (including phenoxy) is 1. The number of hydrogen-bond donors (Lipinski definition) is 0. The molecule has 3 rings (SSSR count). The number of hydrogen-bond acceptors (Lipinski definition) is 5. The van der Waals surface area contributed by atoms with Crippen molar-refractivity contribution >= 4 is 17.2 Å². The largest absolute Gasteiger partial charge is 0.377 e. The first-order valence-corrected chi connectivity index (χ1v) is 7.33. The second-order valence-corrected chi connectivity index (χ2v) is 5.82. The normalized spacial score (nSPS) is 19.3. The van der Waals surface area contributed by atoms with Crippen molar-refractivity contribution in [3.63, 3.8) is 0 Å². The van der Waals surface area contributed by atoms with Crippen LogP contribution in [-0.4, -0.2) is 45.3 Å². The van der Waals surface area contributed by atoms with E-state index in [2.05, 4.69) is 10.1 Å². The lowest BCUT2D eigenvalue weighted by molar-refractivity contribution is -0.00410. The van der Waals surface area contributed by atoms with Gasteiger partial charge in [-0.2, -0.15) is 5.10 Å². The fraction of sp³-hybridized carbons (Fsp3) is 0.462. The Kier molecular flexibility index (Phi) is 3.54. The molecule has 1 fully saturated rings. The highest BCUT2D eigenvalue weighted by Crippen LogP contribution is 2.26. The molecule has 3 heterocycles. The van der Waals surface area contributed by atoms with Gasteiger partial charge in [-0.15, -0.1) is 11.3 Å². The lowest BCUT2D eigenvalue weighted by atomic mass is 10.1. The third kappa shape index (κ3) is 2.46. The van der Waals surface area contributed by atoms with Crippen LogP contribution in [0.15, 0.2) is 17.6 Å². The molecule has 1 atom stereocenters. The van der Waals surface area contributed by atoms with Crippen LogP contribution in [0.2, 0.25) is 0 Å². The predicted octanol–water partition coefficient (Wildman–Crippen LogP) is 1.40. The first-order valence-electron chi connectivity index (χ1n) is 6.45. The van der Waals surface area contributed by atoms with Gasteiger partial charge < -0.3 is 9.64 Å². The Morgan fingerprint density at radius 2 is 2.40 bits per heavy atom. The van der Waals surface area contributed by atoms with Gasteiger partial charge in [0.1, 0.15) is 5.69 Å². The van der Waals surface area contributed by atoms with Gasteiger partial charge in [0.25, 0.3) is 5.91 Å². The molecule has 1 amide bonds. The van der Waals surface area contributed by atoms with Crippen LogP contribution in [0, 0.1) is 6.92 Å². The van der Waals surface area contributed by atoms with E-state index in [9.17, 15) is 4.79 Å². The van der Waals surface area contributed by atoms with Crippen molar-refractivity contribution in [3.05, 3.63) is 34.0 Å². The first-order chi connectivity index (χ1) is 9.65. The van der Waals surface area contributed by atoms with Crippen LogP contribution in [-0.2, 0) is 11.8 Å². The van der Waals surface area contributed by atoms with Gasteiger partial charge in [-0.25, -0.2) is 4.98 Å².